The lowest BCUT2D eigenvalue weighted by atomic mass is 9.80. The third-order valence-corrected chi connectivity index (χ3v) is 4.19. The van der Waals surface area contributed by atoms with Gasteiger partial charge < -0.3 is 10.0 Å². The first-order valence-corrected chi connectivity index (χ1v) is 7.52. The van der Waals surface area contributed by atoms with Gasteiger partial charge in [0.15, 0.2) is 0 Å². The van der Waals surface area contributed by atoms with E-state index in [1.165, 1.54) is 0 Å². The molecule has 1 aromatic heterocycles. The molecule has 2 atom stereocenters. The molecule has 21 heavy (non-hydrogen) atoms. The van der Waals surface area contributed by atoms with Crippen molar-refractivity contribution in [3.8, 4) is 0 Å². The van der Waals surface area contributed by atoms with Crippen LogP contribution in [0.3, 0.4) is 0 Å². The summed E-state index contributed by atoms with van der Waals surface area (Å²) in [4.78, 5) is 29.5. The van der Waals surface area contributed by atoms with Gasteiger partial charge in [-0.25, -0.2) is 0 Å². The van der Waals surface area contributed by atoms with Crippen molar-refractivity contribution >= 4 is 11.9 Å². The highest BCUT2D eigenvalue weighted by Crippen LogP contribution is 2.30. The van der Waals surface area contributed by atoms with E-state index in [4.69, 9.17) is 5.11 Å². The highest BCUT2D eigenvalue weighted by molar-refractivity contribution is 5.80. The molecule has 1 fully saturated rings. The average Bonchev–Trinajstić information content (AvgIpc) is 2.53. The van der Waals surface area contributed by atoms with Crippen molar-refractivity contribution in [3.63, 3.8) is 0 Å². The van der Waals surface area contributed by atoms with Gasteiger partial charge in [-0.15, -0.1) is 0 Å². The number of carbonyl (C=O) groups is 2. The molecule has 2 unspecified atom stereocenters. The van der Waals surface area contributed by atoms with Crippen LogP contribution in [0.2, 0.25) is 0 Å². The average molecular weight is 290 g/mol. The molecular formula is C16H22N2O3. The SMILES string of the molecule is CCN(Cc1ccncc1)C(=O)C1CCCC(C(=O)O)C1. The van der Waals surface area contributed by atoms with Gasteiger partial charge >= 0.3 is 5.97 Å². The second-order valence-corrected chi connectivity index (χ2v) is 5.61. The zero-order valence-electron chi connectivity index (χ0n) is 12.4. The zero-order chi connectivity index (χ0) is 15.2. The van der Waals surface area contributed by atoms with Crippen LogP contribution in [0.1, 0.15) is 38.2 Å². The highest BCUT2D eigenvalue weighted by atomic mass is 16.4. The number of carbonyl (C=O) groups excluding carboxylic acids is 1. The summed E-state index contributed by atoms with van der Waals surface area (Å²) in [5, 5.41) is 9.14. The first-order chi connectivity index (χ1) is 10.1. The summed E-state index contributed by atoms with van der Waals surface area (Å²) in [6.45, 7) is 3.15. The van der Waals surface area contributed by atoms with E-state index in [-0.39, 0.29) is 17.7 Å². The molecule has 114 valence electrons. The number of nitrogens with zero attached hydrogens (tertiary/aromatic N) is 2. The maximum Gasteiger partial charge on any atom is 0.306 e. The van der Waals surface area contributed by atoms with Gasteiger partial charge in [0.05, 0.1) is 5.92 Å². The minimum absolute atomic E-state index is 0.0836. The smallest absolute Gasteiger partial charge is 0.306 e. The maximum absolute atomic E-state index is 12.6. The highest BCUT2D eigenvalue weighted by Gasteiger charge is 2.32. The molecule has 1 saturated carbocycles. The molecule has 0 radical (unpaired) electrons. The van der Waals surface area contributed by atoms with Crippen LogP contribution in [0, 0.1) is 11.8 Å². The topological polar surface area (TPSA) is 70.5 Å². The van der Waals surface area contributed by atoms with Crippen molar-refractivity contribution in [1.82, 2.24) is 9.88 Å². The lowest BCUT2D eigenvalue weighted by Crippen LogP contribution is -2.38. The Hall–Kier alpha value is -1.91. The first-order valence-electron chi connectivity index (χ1n) is 7.52. The zero-order valence-corrected chi connectivity index (χ0v) is 12.4. The number of hydrogen-bond acceptors (Lipinski definition) is 3. The Kier molecular flexibility index (Phi) is 5.31. The number of aliphatic carboxylic acids is 1. The third-order valence-electron chi connectivity index (χ3n) is 4.19. The number of aromatic nitrogens is 1. The van der Waals surface area contributed by atoms with Crippen LogP contribution in [0.4, 0.5) is 0 Å². The molecule has 0 aliphatic heterocycles. The van der Waals surface area contributed by atoms with Crippen LogP contribution in [0.5, 0.6) is 0 Å². The molecule has 1 aliphatic carbocycles. The summed E-state index contributed by atoms with van der Waals surface area (Å²) in [7, 11) is 0. The molecule has 5 nitrogen and oxygen atoms in total. The molecule has 5 heteroatoms. The van der Waals surface area contributed by atoms with Crippen LogP contribution in [-0.4, -0.2) is 33.4 Å². The molecule has 0 saturated heterocycles. The Balaban J connectivity index is 2.00. The Morgan fingerprint density at radius 1 is 1.29 bits per heavy atom. The van der Waals surface area contributed by atoms with E-state index >= 15 is 0 Å². The third kappa shape index (κ3) is 4.03. The predicted molar refractivity (Wildman–Crippen MR) is 78.4 cm³/mol. The fraction of sp³-hybridized carbons (Fsp3) is 0.562. The number of hydrogen-bond donors (Lipinski definition) is 1. The normalized spacial score (nSPS) is 21.8. The van der Waals surface area contributed by atoms with Crippen molar-refractivity contribution in [2.24, 2.45) is 11.8 Å². The monoisotopic (exact) mass is 290 g/mol. The molecule has 1 N–H and O–H groups in total. The number of carboxylic acid groups (broad SMARTS) is 1. The van der Waals surface area contributed by atoms with Crippen molar-refractivity contribution < 1.29 is 14.7 Å². The van der Waals surface area contributed by atoms with Crippen LogP contribution in [0.25, 0.3) is 0 Å². The van der Waals surface area contributed by atoms with Crippen LogP contribution >= 0.6 is 0 Å². The van der Waals surface area contributed by atoms with Crippen molar-refractivity contribution in [3.05, 3.63) is 30.1 Å². The van der Waals surface area contributed by atoms with E-state index in [2.05, 4.69) is 4.98 Å². The molecule has 0 aromatic carbocycles. The van der Waals surface area contributed by atoms with Crippen LogP contribution in [0.15, 0.2) is 24.5 Å². The minimum atomic E-state index is -0.773. The number of rotatable bonds is 5. The fourth-order valence-electron chi connectivity index (χ4n) is 2.95. The fourth-order valence-corrected chi connectivity index (χ4v) is 2.95. The van der Waals surface area contributed by atoms with Gasteiger partial charge in [-0.3, -0.25) is 14.6 Å². The lowest BCUT2D eigenvalue weighted by molar-refractivity contribution is -0.145. The Morgan fingerprint density at radius 2 is 1.95 bits per heavy atom. The summed E-state index contributed by atoms with van der Waals surface area (Å²) in [6, 6.07) is 3.80. The van der Waals surface area contributed by atoms with Gasteiger partial charge in [0.2, 0.25) is 5.91 Å². The standard InChI is InChI=1S/C16H22N2O3/c1-2-18(11-12-6-8-17-9-7-12)15(19)13-4-3-5-14(10-13)16(20)21/h6-9,13-14H,2-5,10-11H2,1H3,(H,20,21). The summed E-state index contributed by atoms with van der Waals surface area (Å²) in [6.07, 6.45) is 6.22. The number of carboxylic acids is 1. The maximum atomic E-state index is 12.6. The predicted octanol–water partition coefficient (Wildman–Crippen LogP) is 2.32. The molecule has 1 aliphatic rings. The van der Waals surface area contributed by atoms with Crippen LogP contribution in [-0.2, 0) is 16.1 Å². The summed E-state index contributed by atoms with van der Waals surface area (Å²) in [5.41, 5.74) is 1.05. The lowest BCUT2D eigenvalue weighted by Gasteiger charge is -2.31. The molecule has 2 rings (SSSR count). The van der Waals surface area contributed by atoms with Crippen LogP contribution < -0.4 is 0 Å². The van der Waals surface area contributed by atoms with E-state index in [0.717, 1.165) is 18.4 Å². The molecule has 1 amide bonds. The van der Waals surface area contributed by atoms with Gasteiger partial charge in [0, 0.05) is 31.4 Å². The van der Waals surface area contributed by atoms with Gasteiger partial charge in [0.25, 0.3) is 0 Å². The van der Waals surface area contributed by atoms with E-state index in [1.807, 2.05) is 24.0 Å². The molecule has 0 bridgehead atoms. The number of amides is 1. The molecule has 0 spiro atoms. The van der Waals surface area contributed by atoms with E-state index in [9.17, 15) is 9.59 Å². The Morgan fingerprint density at radius 3 is 2.57 bits per heavy atom. The van der Waals surface area contributed by atoms with E-state index in [0.29, 0.717) is 25.9 Å². The largest absolute Gasteiger partial charge is 0.481 e. The van der Waals surface area contributed by atoms with Crippen molar-refractivity contribution in [2.75, 3.05) is 6.54 Å². The second-order valence-electron chi connectivity index (χ2n) is 5.61. The second kappa shape index (κ2) is 7.20. The summed E-state index contributed by atoms with van der Waals surface area (Å²) < 4.78 is 0. The van der Waals surface area contributed by atoms with E-state index < -0.39 is 5.97 Å². The minimum Gasteiger partial charge on any atom is -0.481 e. The Labute approximate surface area is 125 Å². The van der Waals surface area contributed by atoms with Crippen molar-refractivity contribution in [1.29, 1.82) is 0 Å². The number of pyridine rings is 1. The van der Waals surface area contributed by atoms with Gasteiger partial charge in [-0.05, 0) is 43.9 Å². The van der Waals surface area contributed by atoms with Gasteiger partial charge in [0.1, 0.15) is 0 Å². The molecule has 1 aromatic rings. The molecule has 1 heterocycles. The first kappa shape index (κ1) is 15.5. The van der Waals surface area contributed by atoms with E-state index in [1.54, 1.807) is 12.4 Å². The quantitative estimate of drug-likeness (QED) is 0.903. The Bertz CT molecular complexity index is 490. The van der Waals surface area contributed by atoms with Crippen molar-refractivity contribution in [2.45, 2.75) is 39.2 Å². The summed E-state index contributed by atoms with van der Waals surface area (Å²) in [5.74, 6) is -1.21. The van der Waals surface area contributed by atoms with Gasteiger partial charge in [-0.1, -0.05) is 6.42 Å². The van der Waals surface area contributed by atoms with Gasteiger partial charge in [-0.2, -0.15) is 0 Å². The summed E-state index contributed by atoms with van der Waals surface area (Å²) >= 11 is 0. The molecular weight excluding hydrogens is 268 g/mol.